The van der Waals surface area contributed by atoms with Crippen molar-refractivity contribution in [1.82, 2.24) is 71.7 Å². The summed E-state index contributed by atoms with van der Waals surface area (Å²) in [5.74, 6) is -0.664. The molecule has 0 aliphatic heterocycles. The van der Waals surface area contributed by atoms with Crippen LogP contribution in [0.1, 0.15) is 161 Å². The van der Waals surface area contributed by atoms with Crippen LogP contribution in [0.15, 0.2) is 0 Å². The summed E-state index contributed by atoms with van der Waals surface area (Å²) in [5, 5.41) is 16.9. The fraction of sp³-hybridized carbons (Fsp3) is 0.929. The normalized spacial score (nSPS) is 11.3. The van der Waals surface area contributed by atoms with Gasteiger partial charge in [-0.25, -0.2) is 15.6 Å². The standard InChI is InChI=1S/C28H67N13O4/c42-27(43)25-23-21-19-17-15-13-11-9-7-5-3-1-2-4-6-8-10-12-14-16-18-20-22-24-26-29-31-33-35-37-39-41-40-38-36-34-32-30-28(44)45/h29-41H,1-26H2,(H,42,43)(H,44,45). The molecule has 0 radical (unpaired) electrons. The van der Waals surface area contributed by atoms with Gasteiger partial charge in [-0.3, -0.25) is 4.79 Å². The number of rotatable bonds is 39. The molecule has 0 unspecified atom stereocenters. The van der Waals surface area contributed by atoms with E-state index < -0.39 is 12.1 Å². The number of nitrogens with one attached hydrogen (secondary N) is 13. The predicted molar refractivity (Wildman–Crippen MR) is 177 cm³/mol. The maximum Gasteiger partial charge on any atom is 0.420 e. The van der Waals surface area contributed by atoms with Crippen LogP contribution in [0.25, 0.3) is 0 Å². The van der Waals surface area contributed by atoms with Crippen molar-refractivity contribution >= 4 is 12.1 Å². The van der Waals surface area contributed by atoms with E-state index >= 15 is 0 Å². The number of hydrazine groups is 12. The van der Waals surface area contributed by atoms with Gasteiger partial charge in [-0.1, -0.05) is 141 Å². The Morgan fingerprint density at radius 3 is 0.911 bits per heavy atom. The minimum Gasteiger partial charge on any atom is -0.481 e. The van der Waals surface area contributed by atoms with Crippen LogP contribution in [-0.2, 0) is 4.79 Å². The molecule has 1 amide bonds. The first kappa shape index (κ1) is 43.3. The molecule has 0 rings (SSSR count). The van der Waals surface area contributed by atoms with Crippen LogP contribution >= 0.6 is 0 Å². The molecule has 0 heterocycles. The highest BCUT2D eigenvalue weighted by molar-refractivity contribution is 5.66. The van der Waals surface area contributed by atoms with Crippen LogP contribution in [0.2, 0.25) is 0 Å². The summed E-state index contributed by atoms with van der Waals surface area (Å²) >= 11 is 0. The first-order valence-electron chi connectivity index (χ1n) is 17.3. The minimum atomic E-state index is -1.23. The zero-order chi connectivity index (χ0) is 32.7. The van der Waals surface area contributed by atoms with E-state index in [0.717, 1.165) is 25.8 Å². The number of aliphatic carboxylic acids is 1. The number of carboxylic acid groups (broad SMARTS) is 2. The molecule has 0 bridgehead atoms. The predicted octanol–water partition coefficient (Wildman–Crippen LogP) is 3.15. The molecule has 0 saturated carbocycles. The zero-order valence-electron chi connectivity index (χ0n) is 27.6. The van der Waals surface area contributed by atoms with E-state index in [4.69, 9.17) is 10.2 Å². The molecule has 0 aliphatic carbocycles. The first-order chi connectivity index (χ1) is 22.1. The number of hydrogen-bond acceptors (Lipinski definition) is 14. The van der Waals surface area contributed by atoms with Gasteiger partial charge in [-0.2, -0.15) is 60.9 Å². The molecule has 0 aromatic carbocycles. The lowest BCUT2D eigenvalue weighted by atomic mass is 10.0. The van der Waals surface area contributed by atoms with Gasteiger partial charge in [0.05, 0.1) is 0 Å². The molecule has 0 aromatic rings. The van der Waals surface area contributed by atoms with Gasteiger partial charge in [0.25, 0.3) is 0 Å². The molecule has 0 aromatic heterocycles. The Hall–Kier alpha value is -1.74. The minimum absolute atomic E-state index is 0.329. The molecule has 0 atom stereocenters. The highest BCUT2D eigenvalue weighted by Crippen LogP contribution is 2.15. The molecular weight excluding hydrogens is 582 g/mol. The molecule has 0 spiro atoms. The number of amides is 1. The van der Waals surface area contributed by atoms with Crippen LogP contribution in [0.4, 0.5) is 4.79 Å². The Morgan fingerprint density at radius 1 is 0.333 bits per heavy atom. The summed E-state index contributed by atoms with van der Waals surface area (Å²) in [7, 11) is 0. The Labute approximate surface area is 270 Å². The van der Waals surface area contributed by atoms with Crippen LogP contribution in [0.3, 0.4) is 0 Å². The van der Waals surface area contributed by atoms with Gasteiger partial charge in [0, 0.05) is 13.0 Å². The SMILES string of the molecule is O=C(O)CCCCCCCCCCCCCCCCCCCCCCCCCCNNNNNNNNNNNNNC(=O)O. The van der Waals surface area contributed by atoms with Crippen molar-refractivity contribution in [2.45, 2.75) is 161 Å². The van der Waals surface area contributed by atoms with Gasteiger partial charge in [0.15, 0.2) is 0 Å². The van der Waals surface area contributed by atoms with Crippen molar-refractivity contribution < 1.29 is 19.8 Å². The van der Waals surface area contributed by atoms with E-state index in [0.29, 0.717) is 6.42 Å². The van der Waals surface area contributed by atoms with Crippen LogP contribution < -0.4 is 71.7 Å². The summed E-state index contributed by atoms with van der Waals surface area (Å²) < 4.78 is 0. The Kier molecular flexibility index (Phi) is 37.0. The van der Waals surface area contributed by atoms with Crippen molar-refractivity contribution in [1.29, 1.82) is 0 Å². The van der Waals surface area contributed by atoms with Gasteiger partial charge in [-0.05, 0) is 12.8 Å². The molecule has 0 saturated heterocycles. The Morgan fingerprint density at radius 2 is 0.600 bits per heavy atom. The third-order valence-corrected chi connectivity index (χ3v) is 7.33. The maximum absolute atomic E-state index is 10.5. The van der Waals surface area contributed by atoms with Crippen molar-refractivity contribution in [3.05, 3.63) is 0 Å². The fourth-order valence-electron chi connectivity index (χ4n) is 4.85. The van der Waals surface area contributed by atoms with Crippen LogP contribution in [0.5, 0.6) is 0 Å². The molecule has 45 heavy (non-hydrogen) atoms. The van der Waals surface area contributed by atoms with E-state index in [9.17, 15) is 9.59 Å². The smallest absolute Gasteiger partial charge is 0.420 e. The summed E-state index contributed by atoms with van der Waals surface area (Å²) in [4.78, 5) is 20.6. The van der Waals surface area contributed by atoms with E-state index in [1.54, 1.807) is 0 Å². The Bertz CT molecular complexity index is 577. The highest BCUT2D eigenvalue weighted by atomic mass is 16.4. The summed E-state index contributed by atoms with van der Waals surface area (Å²) in [6.45, 7) is 0.871. The summed E-state index contributed by atoms with van der Waals surface area (Å²) in [6.07, 6.45) is 30.6. The lowest BCUT2D eigenvalue weighted by molar-refractivity contribution is -0.137. The van der Waals surface area contributed by atoms with Crippen molar-refractivity contribution in [3.8, 4) is 0 Å². The quantitative estimate of drug-likeness (QED) is 0.0338. The number of carbonyl (C=O) groups is 2. The second kappa shape index (κ2) is 38.4. The van der Waals surface area contributed by atoms with Gasteiger partial charge in [-0.15, -0.1) is 0 Å². The lowest BCUT2D eigenvalue weighted by Gasteiger charge is -2.14. The average molecular weight is 650 g/mol. The third-order valence-electron chi connectivity index (χ3n) is 7.33. The average Bonchev–Trinajstić information content (AvgIpc) is 3.02. The zero-order valence-corrected chi connectivity index (χ0v) is 27.6. The number of unbranched alkanes of at least 4 members (excludes halogenated alkanes) is 23. The number of hydrogen-bond donors (Lipinski definition) is 15. The second-order valence-corrected chi connectivity index (χ2v) is 11.4. The summed E-state index contributed by atoms with van der Waals surface area (Å²) in [6, 6.07) is 0. The van der Waals surface area contributed by atoms with Gasteiger partial charge >= 0.3 is 12.1 Å². The molecule has 15 N–H and O–H groups in total. The molecule has 0 aliphatic rings. The summed E-state index contributed by atoms with van der Waals surface area (Å²) in [5.41, 5.74) is 32.4. The van der Waals surface area contributed by atoms with E-state index in [1.807, 2.05) is 5.43 Å². The second-order valence-electron chi connectivity index (χ2n) is 11.4. The third kappa shape index (κ3) is 42.3. The van der Waals surface area contributed by atoms with Crippen LogP contribution in [0, 0.1) is 0 Å². The topological polar surface area (TPSA) is 231 Å². The van der Waals surface area contributed by atoms with E-state index in [-0.39, 0.29) is 0 Å². The molecule has 0 fully saturated rings. The molecule has 17 heteroatoms. The van der Waals surface area contributed by atoms with Crippen LogP contribution in [-0.4, -0.2) is 28.8 Å². The molecular formula is C28H67N13O4. The van der Waals surface area contributed by atoms with E-state index in [1.165, 1.54) is 135 Å². The monoisotopic (exact) mass is 650 g/mol. The van der Waals surface area contributed by atoms with Crippen molar-refractivity contribution in [2.75, 3.05) is 6.54 Å². The fourth-order valence-corrected chi connectivity index (χ4v) is 4.85. The van der Waals surface area contributed by atoms with Gasteiger partial charge < -0.3 is 10.2 Å². The maximum atomic E-state index is 10.5. The highest BCUT2D eigenvalue weighted by Gasteiger charge is 1.98. The lowest BCUT2D eigenvalue weighted by Crippen LogP contribution is -2.67. The largest absolute Gasteiger partial charge is 0.481 e. The Balaban J connectivity index is 3.05. The molecule has 17 nitrogen and oxygen atoms in total. The number of carboxylic acids is 1. The van der Waals surface area contributed by atoms with Crippen molar-refractivity contribution in [3.63, 3.8) is 0 Å². The molecule has 268 valence electrons. The van der Waals surface area contributed by atoms with Crippen molar-refractivity contribution in [2.24, 2.45) is 0 Å². The van der Waals surface area contributed by atoms with Gasteiger partial charge in [0.1, 0.15) is 0 Å². The van der Waals surface area contributed by atoms with E-state index in [2.05, 4.69) is 66.3 Å². The van der Waals surface area contributed by atoms with Gasteiger partial charge in [0.2, 0.25) is 0 Å². The first-order valence-corrected chi connectivity index (χ1v) is 17.3.